The average Bonchev–Trinajstić information content (AvgIpc) is 2.78. The Balaban J connectivity index is 1.61. The van der Waals surface area contributed by atoms with Crippen molar-refractivity contribution in [2.45, 2.75) is 70.6 Å². The molecule has 2 heterocycles. The van der Waals surface area contributed by atoms with Crippen LogP contribution in [0.15, 0.2) is 35.1 Å². The van der Waals surface area contributed by atoms with Crippen molar-refractivity contribution in [3.05, 3.63) is 73.7 Å². The molecule has 0 bridgehead atoms. The van der Waals surface area contributed by atoms with Gasteiger partial charge in [0.05, 0.1) is 6.10 Å². The molecule has 1 aliphatic carbocycles. The molecule has 0 unspecified atom stereocenters. The van der Waals surface area contributed by atoms with Gasteiger partial charge >= 0.3 is 0 Å². The van der Waals surface area contributed by atoms with Gasteiger partial charge in [-0.25, -0.2) is 0 Å². The lowest BCUT2D eigenvalue weighted by Gasteiger charge is -2.33. The number of carbonyl (C=O) groups is 1. The second-order valence-corrected chi connectivity index (χ2v) is 10.1. The van der Waals surface area contributed by atoms with Gasteiger partial charge in [-0.1, -0.05) is 23.8 Å². The minimum Gasteiger partial charge on any atom is -0.490 e. The third-order valence-corrected chi connectivity index (χ3v) is 7.16. The lowest BCUT2D eigenvalue weighted by atomic mass is 9.92. The molecule has 1 saturated carbocycles. The fourth-order valence-corrected chi connectivity index (χ4v) is 5.22. The summed E-state index contributed by atoms with van der Waals surface area (Å²) in [6.45, 7) is 2.04. The number of benzene rings is 1. The highest BCUT2D eigenvalue weighted by molar-refractivity contribution is 6.31. The van der Waals surface area contributed by atoms with E-state index in [1.165, 1.54) is 0 Å². The normalized spacial score (nSPS) is 21.1. The number of aromatic nitrogens is 1. The average molecular weight is 484 g/mol. The van der Waals surface area contributed by atoms with E-state index in [0.717, 1.165) is 55.3 Å². The van der Waals surface area contributed by atoms with E-state index in [4.69, 9.17) is 16.3 Å². The van der Waals surface area contributed by atoms with Gasteiger partial charge in [0.1, 0.15) is 5.75 Å². The van der Waals surface area contributed by atoms with Crippen molar-refractivity contribution in [2.75, 3.05) is 14.1 Å². The second kappa shape index (κ2) is 10.8. The van der Waals surface area contributed by atoms with Gasteiger partial charge in [-0.05, 0) is 89.7 Å². The molecule has 2 N–H and O–H groups in total. The molecule has 1 amide bonds. The Hall–Kier alpha value is -2.57. The van der Waals surface area contributed by atoms with E-state index in [0.29, 0.717) is 34.4 Å². The molecule has 182 valence electrons. The molecule has 0 spiro atoms. The number of aromatic amines is 1. The molecular formula is C27H34ClN3O3. The lowest BCUT2D eigenvalue weighted by Crippen LogP contribution is -2.35. The Labute approximate surface area is 206 Å². The van der Waals surface area contributed by atoms with E-state index < -0.39 is 0 Å². The maximum Gasteiger partial charge on any atom is 0.253 e. The fraction of sp³-hybridized carbons (Fsp3) is 0.481. The molecule has 34 heavy (non-hydrogen) atoms. The summed E-state index contributed by atoms with van der Waals surface area (Å²) in [7, 11) is 4.25. The third-order valence-electron chi connectivity index (χ3n) is 6.94. The second-order valence-electron chi connectivity index (χ2n) is 9.62. The number of halogens is 1. The number of carbonyl (C=O) groups excluding carboxylic acids is 1. The van der Waals surface area contributed by atoms with Crippen molar-refractivity contribution in [1.82, 2.24) is 15.2 Å². The van der Waals surface area contributed by atoms with E-state index >= 15 is 0 Å². The van der Waals surface area contributed by atoms with Gasteiger partial charge in [-0.15, -0.1) is 0 Å². The van der Waals surface area contributed by atoms with E-state index in [2.05, 4.69) is 41.4 Å². The molecule has 1 aromatic heterocycles. The van der Waals surface area contributed by atoms with Crippen LogP contribution >= 0.6 is 11.6 Å². The summed E-state index contributed by atoms with van der Waals surface area (Å²) in [5.41, 5.74) is 3.58. The van der Waals surface area contributed by atoms with Crippen LogP contribution in [0.25, 0.3) is 0 Å². The van der Waals surface area contributed by atoms with Crippen molar-refractivity contribution in [3.8, 4) is 5.75 Å². The SMILES string of the molecule is Cc1cc2c(c(=O)[nH]1)CNC(=O)c1cc(Cl)cc(O[C@H]3CC[C@H](N(C)C)CC3)c1CC=CCC2. The summed E-state index contributed by atoms with van der Waals surface area (Å²) in [5, 5.41) is 3.42. The Morgan fingerprint density at radius 1 is 1.03 bits per heavy atom. The topological polar surface area (TPSA) is 74.4 Å². The summed E-state index contributed by atoms with van der Waals surface area (Å²) in [6.07, 6.45) is 10.6. The molecule has 0 radical (unpaired) electrons. The van der Waals surface area contributed by atoms with Crippen LogP contribution in [0.3, 0.4) is 0 Å². The lowest BCUT2D eigenvalue weighted by molar-refractivity contribution is 0.0945. The van der Waals surface area contributed by atoms with Gasteiger partial charge in [0, 0.05) is 40.0 Å². The Morgan fingerprint density at radius 3 is 2.53 bits per heavy atom. The summed E-state index contributed by atoms with van der Waals surface area (Å²) < 4.78 is 6.45. The van der Waals surface area contributed by atoms with E-state index in [-0.39, 0.29) is 24.1 Å². The number of pyridine rings is 1. The van der Waals surface area contributed by atoms with E-state index in [1.54, 1.807) is 6.07 Å². The highest BCUT2D eigenvalue weighted by Crippen LogP contribution is 2.33. The van der Waals surface area contributed by atoms with Crippen LogP contribution in [0.5, 0.6) is 5.75 Å². The summed E-state index contributed by atoms with van der Waals surface area (Å²) in [5.74, 6) is 0.431. The number of H-pyrrole nitrogens is 1. The van der Waals surface area contributed by atoms with Gasteiger partial charge in [0.15, 0.2) is 0 Å². The van der Waals surface area contributed by atoms with Crippen LogP contribution in [0.2, 0.25) is 5.02 Å². The predicted molar refractivity (Wildman–Crippen MR) is 136 cm³/mol. The van der Waals surface area contributed by atoms with Gasteiger partial charge in [0.2, 0.25) is 0 Å². The first-order chi connectivity index (χ1) is 16.3. The first-order valence-corrected chi connectivity index (χ1v) is 12.5. The molecule has 2 aliphatic rings. The number of rotatable bonds is 3. The molecule has 2 aromatic rings. The van der Waals surface area contributed by atoms with Crippen LogP contribution < -0.4 is 15.6 Å². The first kappa shape index (κ1) is 24.6. The molecule has 0 saturated heterocycles. The number of nitrogens with zero attached hydrogens (tertiary/aromatic N) is 1. The first-order valence-electron chi connectivity index (χ1n) is 12.1. The molecule has 1 fully saturated rings. The molecule has 6 nitrogen and oxygen atoms in total. The van der Waals surface area contributed by atoms with Gasteiger partial charge in [0.25, 0.3) is 11.5 Å². The largest absolute Gasteiger partial charge is 0.490 e. The predicted octanol–water partition coefficient (Wildman–Crippen LogP) is 4.56. The number of ether oxygens (including phenoxy) is 1. The van der Waals surface area contributed by atoms with Crippen LogP contribution in [-0.2, 0) is 19.4 Å². The number of amides is 1. The summed E-state index contributed by atoms with van der Waals surface area (Å²) in [4.78, 5) is 31.0. The minimum atomic E-state index is -0.251. The molecular weight excluding hydrogens is 450 g/mol. The molecule has 1 aromatic carbocycles. The monoisotopic (exact) mass is 483 g/mol. The Bertz CT molecular complexity index is 1130. The summed E-state index contributed by atoms with van der Waals surface area (Å²) in [6, 6.07) is 6.10. The zero-order valence-electron chi connectivity index (χ0n) is 20.2. The number of allylic oxidation sites excluding steroid dienone is 2. The zero-order valence-corrected chi connectivity index (χ0v) is 21.0. The Kier molecular flexibility index (Phi) is 7.79. The third kappa shape index (κ3) is 5.73. The van der Waals surface area contributed by atoms with Crippen molar-refractivity contribution >= 4 is 17.5 Å². The molecule has 7 heteroatoms. The highest BCUT2D eigenvalue weighted by atomic mass is 35.5. The minimum absolute atomic E-state index is 0.112. The van der Waals surface area contributed by atoms with E-state index in [1.807, 2.05) is 19.1 Å². The smallest absolute Gasteiger partial charge is 0.253 e. The number of aryl methyl sites for hydroxylation is 2. The quantitative estimate of drug-likeness (QED) is 0.627. The number of hydrogen-bond acceptors (Lipinski definition) is 4. The Morgan fingerprint density at radius 2 is 1.79 bits per heavy atom. The zero-order chi connectivity index (χ0) is 24.2. The summed E-state index contributed by atoms with van der Waals surface area (Å²) >= 11 is 6.44. The molecule has 1 aliphatic heterocycles. The maximum atomic E-state index is 13.3. The van der Waals surface area contributed by atoms with Crippen LogP contribution in [-0.4, -0.2) is 42.0 Å². The fourth-order valence-electron chi connectivity index (χ4n) is 5.01. The van der Waals surface area contributed by atoms with Crippen molar-refractivity contribution < 1.29 is 9.53 Å². The van der Waals surface area contributed by atoms with Gasteiger partial charge < -0.3 is 19.9 Å². The number of hydrogen-bond donors (Lipinski definition) is 2. The van der Waals surface area contributed by atoms with Gasteiger partial charge in [-0.3, -0.25) is 9.59 Å². The van der Waals surface area contributed by atoms with Crippen molar-refractivity contribution in [2.24, 2.45) is 0 Å². The molecule has 4 rings (SSSR count). The van der Waals surface area contributed by atoms with Gasteiger partial charge in [-0.2, -0.15) is 0 Å². The van der Waals surface area contributed by atoms with Crippen molar-refractivity contribution in [1.29, 1.82) is 0 Å². The highest BCUT2D eigenvalue weighted by Gasteiger charge is 2.26. The van der Waals surface area contributed by atoms with Crippen LogP contribution in [0, 0.1) is 6.92 Å². The van der Waals surface area contributed by atoms with E-state index in [9.17, 15) is 9.59 Å². The van der Waals surface area contributed by atoms with Crippen LogP contribution in [0.4, 0.5) is 0 Å². The number of fused-ring (bicyclic) bond motifs is 2. The maximum absolute atomic E-state index is 13.3. The van der Waals surface area contributed by atoms with Crippen LogP contribution in [0.1, 0.15) is 64.8 Å². The standard InChI is InChI=1S/C27H34ClN3O3/c1-17-13-18-7-5-4-6-8-22-23(26(32)29-16-24(18)27(33)30-17)14-19(28)15-25(22)34-21-11-9-20(10-12-21)31(2)3/h4,6,13-15,20-21H,5,7-12,16H2,1-3H3,(H,29,32)(H,30,33)/t20-,21-. The molecule has 0 atom stereocenters. The van der Waals surface area contributed by atoms with Crippen molar-refractivity contribution in [3.63, 3.8) is 0 Å². The number of nitrogens with one attached hydrogen (secondary N) is 2.